The van der Waals surface area contributed by atoms with E-state index in [9.17, 15) is 0 Å². The van der Waals surface area contributed by atoms with Crippen LogP contribution in [0.2, 0.25) is 5.15 Å². The van der Waals surface area contributed by atoms with Crippen LogP contribution in [0, 0.1) is 6.92 Å². The zero-order chi connectivity index (χ0) is 9.98. The Morgan fingerprint density at radius 1 is 1.33 bits per heavy atom. The van der Waals surface area contributed by atoms with E-state index in [1.165, 1.54) is 0 Å². The van der Waals surface area contributed by atoms with Crippen LogP contribution >= 0.6 is 11.6 Å². The number of aliphatic hydroxyl groups is 1. The highest BCUT2D eigenvalue weighted by atomic mass is 35.5. The van der Waals surface area contributed by atoms with Crippen molar-refractivity contribution in [2.24, 2.45) is 0 Å². The fourth-order valence-corrected chi connectivity index (χ4v) is 0.586. The van der Waals surface area contributed by atoms with Gasteiger partial charge in [0.25, 0.3) is 0 Å². The Balaban J connectivity index is 0. The molecule has 0 spiro atoms. The van der Waals surface area contributed by atoms with Gasteiger partial charge in [-0.3, -0.25) is 0 Å². The Hall–Kier alpha value is -0.600. The monoisotopic (exact) mass is 189 g/mol. The van der Waals surface area contributed by atoms with E-state index < -0.39 is 0 Å². The van der Waals surface area contributed by atoms with Crippen LogP contribution in [0.25, 0.3) is 0 Å². The molecular formula is C9H16ClNO. The van der Waals surface area contributed by atoms with E-state index in [0.29, 0.717) is 5.15 Å². The molecule has 0 amide bonds. The van der Waals surface area contributed by atoms with Crippen LogP contribution in [0.1, 0.15) is 19.4 Å². The van der Waals surface area contributed by atoms with Crippen molar-refractivity contribution in [2.45, 2.75) is 20.8 Å². The molecule has 0 unspecified atom stereocenters. The minimum Gasteiger partial charge on any atom is -0.400 e. The summed E-state index contributed by atoms with van der Waals surface area (Å²) < 4.78 is 0. The number of pyridine rings is 1. The normalized spacial score (nSPS) is 7.17. The van der Waals surface area contributed by atoms with Crippen molar-refractivity contribution in [3.63, 3.8) is 0 Å². The standard InChI is InChI=1S/C6H6ClN.C2H6.CH4O/c1-5-3-2-4-8-6(5)7;2*1-2/h2-4H,1H3;1-2H3;2H,1H3. The molecule has 1 heterocycles. The molecule has 0 radical (unpaired) electrons. The molecule has 0 saturated carbocycles. The molecule has 1 aromatic rings. The van der Waals surface area contributed by atoms with Crippen LogP contribution in [-0.2, 0) is 0 Å². The molecule has 0 aromatic carbocycles. The largest absolute Gasteiger partial charge is 0.400 e. The van der Waals surface area contributed by atoms with Crippen LogP contribution in [0.15, 0.2) is 18.3 Å². The van der Waals surface area contributed by atoms with Crippen molar-refractivity contribution in [1.29, 1.82) is 0 Å². The van der Waals surface area contributed by atoms with E-state index in [2.05, 4.69) is 4.98 Å². The third-order valence-electron chi connectivity index (χ3n) is 0.946. The molecule has 12 heavy (non-hydrogen) atoms. The number of hydrogen-bond donors (Lipinski definition) is 1. The lowest BCUT2D eigenvalue weighted by atomic mass is 10.3. The summed E-state index contributed by atoms with van der Waals surface area (Å²) in [6, 6.07) is 3.79. The Morgan fingerprint density at radius 3 is 2.08 bits per heavy atom. The molecule has 1 rings (SSSR count). The zero-order valence-corrected chi connectivity index (χ0v) is 8.76. The second-order valence-electron chi connectivity index (χ2n) is 1.61. The van der Waals surface area contributed by atoms with Crippen molar-refractivity contribution in [2.75, 3.05) is 7.11 Å². The molecule has 0 saturated heterocycles. The first-order valence-electron chi connectivity index (χ1n) is 3.82. The summed E-state index contributed by atoms with van der Waals surface area (Å²) in [6.45, 7) is 5.93. The molecule has 70 valence electrons. The molecule has 1 N–H and O–H groups in total. The van der Waals surface area contributed by atoms with E-state index >= 15 is 0 Å². The first kappa shape index (κ1) is 14.0. The Bertz CT molecular complexity index is 171. The van der Waals surface area contributed by atoms with Gasteiger partial charge in [0.1, 0.15) is 5.15 Å². The molecule has 0 aliphatic rings. The summed E-state index contributed by atoms with van der Waals surface area (Å²) in [5, 5.41) is 7.59. The Kier molecular flexibility index (Phi) is 12.1. The van der Waals surface area contributed by atoms with Crippen LogP contribution in [0.4, 0.5) is 0 Å². The van der Waals surface area contributed by atoms with Crippen molar-refractivity contribution in [3.8, 4) is 0 Å². The second kappa shape index (κ2) is 10.4. The maximum Gasteiger partial charge on any atom is 0.131 e. The topological polar surface area (TPSA) is 33.1 Å². The van der Waals surface area contributed by atoms with Gasteiger partial charge in [0.2, 0.25) is 0 Å². The van der Waals surface area contributed by atoms with Gasteiger partial charge in [-0.25, -0.2) is 4.98 Å². The Labute approximate surface area is 79.2 Å². The highest BCUT2D eigenvalue weighted by molar-refractivity contribution is 6.30. The van der Waals surface area contributed by atoms with Gasteiger partial charge >= 0.3 is 0 Å². The first-order chi connectivity index (χ1) is 5.80. The maximum atomic E-state index is 7.00. The first-order valence-corrected chi connectivity index (χ1v) is 4.20. The highest BCUT2D eigenvalue weighted by Crippen LogP contribution is 2.07. The van der Waals surface area contributed by atoms with Gasteiger partial charge in [0.05, 0.1) is 0 Å². The van der Waals surface area contributed by atoms with Crippen molar-refractivity contribution < 1.29 is 5.11 Å². The predicted molar refractivity (Wildman–Crippen MR) is 53.5 cm³/mol. The molecule has 3 heteroatoms. The van der Waals surface area contributed by atoms with E-state index in [4.69, 9.17) is 16.7 Å². The minimum absolute atomic E-state index is 0.590. The fourth-order valence-electron chi connectivity index (χ4n) is 0.466. The summed E-state index contributed by atoms with van der Waals surface area (Å²) in [4.78, 5) is 3.84. The average Bonchev–Trinajstić information content (AvgIpc) is 2.17. The van der Waals surface area contributed by atoms with Gasteiger partial charge in [-0.1, -0.05) is 31.5 Å². The zero-order valence-electron chi connectivity index (χ0n) is 8.00. The fraction of sp³-hybridized carbons (Fsp3) is 0.444. The third-order valence-corrected chi connectivity index (χ3v) is 1.34. The van der Waals surface area contributed by atoms with Crippen molar-refractivity contribution in [1.82, 2.24) is 4.98 Å². The van der Waals surface area contributed by atoms with Gasteiger partial charge in [0.15, 0.2) is 0 Å². The number of nitrogens with zero attached hydrogens (tertiary/aromatic N) is 1. The van der Waals surface area contributed by atoms with Gasteiger partial charge in [-0.2, -0.15) is 0 Å². The van der Waals surface area contributed by atoms with E-state index in [-0.39, 0.29) is 0 Å². The molecule has 1 aromatic heterocycles. The van der Waals surface area contributed by atoms with Gasteiger partial charge in [0, 0.05) is 13.3 Å². The van der Waals surface area contributed by atoms with Crippen LogP contribution < -0.4 is 0 Å². The summed E-state index contributed by atoms with van der Waals surface area (Å²) in [6.07, 6.45) is 1.68. The van der Waals surface area contributed by atoms with Crippen LogP contribution in [-0.4, -0.2) is 17.2 Å². The number of halogens is 1. The van der Waals surface area contributed by atoms with E-state index in [1.54, 1.807) is 6.20 Å². The maximum absolute atomic E-state index is 7.00. The predicted octanol–water partition coefficient (Wildman–Crippen LogP) is 2.68. The summed E-state index contributed by atoms with van der Waals surface area (Å²) in [7, 11) is 1.00. The number of aryl methyl sites for hydroxylation is 1. The summed E-state index contributed by atoms with van der Waals surface area (Å²) in [5.74, 6) is 0. The van der Waals surface area contributed by atoms with Gasteiger partial charge in [-0.05, 0) is 18.6 Å². The lowest BCUT2D eigenvalue weighted by molar-refractivity contribution is 0.399. The Morgan fingerprint density at radius 2 is 1.83 bits per heavy atom. The number of aliphatic hydroxyl groups excluding tert-OH is 1. The number of aromatic nitrogens is 1. The molecule has 0 aliphatic carbocycles. The van der Waals surface area contributed by atoms with E-state index in [0.717, 1.165) is 12.7 Å². The molecule has 0 aliphatic heterocycles. The molecule has 2 nitrogen and oxygen atoms in total. The van der Waals surface area contributed by atoms with Gasteiger partial charge < -0.3 is 5.11 Å². The van der Waals surface area contributed by atoms with Crippen LogP contribution in [0.3, 0.4) is 0 Å². The number of hydrogen-bond acceptors (Lipinski definition) is 2. The van der Waals surface area contributed by atoms with Crippen molar-refractivity contribution >= 4 is 11.6 Å². The second-order valence-corrected chi connectivity index (χ2v) is 1.97. The highest BCUT2D eigenvalue weighted by Gasteiger charge is 1.88. The molecule has 0 atom stereocenters. The van der Waals surface area contributed by atoms with Crippen molar-refractivity contribution in [3.05, 3.63) is 29.0 Å². The van der Waals surface area contributed by atoms with Gasteiger partial charge in [-0.15, -0.1) is 0 Å². The third kappa shape index (κ3) is 6.13. The summed E-state index contributed by atoms with van der Waals surface area (Å²) in [5.41, 5.74) is 1.02. The molecule has 0 fully saturated rings. The molecule has 0 bridgehead atoms. The van der Waals surface area contributed by atoms with Crippen LogP contribution in [0.5, 0.6) is 0 Å². The number of rotatable bonds is 0. The lowest BCUT2D eigenvalue weighted by Gasteiger charge is -1.89. The quantitative estimate of drug-likeness (QED) is 0.637. The lowest BCUT2D eigenvalue weighted by Crippen LogP contribution is -1.75. The SMILES string of the molecule is CC.CO.Cc1cccnc1Cl. The molecular weight excluding hydrogens is 174 g/mol. The minimum atomic E-state index is 0.590. The average molecular weight is 190 g/mol. The summed E-state index contributed by atoms with van der Waals surface area (Å²) >= 11 is 5.60. The van der Waals surface area contributed by atoms with E-state index in [1.807, 2.05) is 32.9 Å². The smallest absolute Gasteiger partial charge is 0.131 e.